The van der Waals surface area contributed by atoms with Crippen molar-refractivity contribution >= 4 is 29.0 Å². The lowest BCUT2D eigenvalue weighted by molar-refractivity contribution is 0.0686. The van der Waals surface area contributed by atoms with Crippen molar-refractivity contribution in [1.82, 2.24) is 0 Å². The number of rotatable bonds is 5. The molecule has 0 radical (unpaired) electrons. The van der Waals surface area contributed by atoms with Crippen molar-refractivity contribution < 1.29 is 28.6 Å². The maximum atomic E-state index is 13.9. The fourth-order valence-corrected chi connectivity index (χ4v) is 4.55. The van der Waals surface area contributed by atoms with E-state index in [1.54, 1.807) is 6.07 Å². The van der Waals surface area contributed by atoms with Crippen LogP contribution >= 0.6 is 11.6 Å². The molecule has 5 nitrogen and oxygen atoms in total. The molecule has 166 valence electrons. The second-order valence-corrected chi connectivity index (χ2v) is 9.55. The van der Waals surface area contributed by atoms with E-state index in [1.807, 2.05) is 13.8 Å². The van der Waals surface area contributed by atoms with Gasteiger partial charge in [-0.25, -0.2) is 13.6 Å². The minimum absolute atomic E-state index is 0.0186. The molecule has 0 bridgehead atoms. The summed E-state index contributed by atoms with van der Waals surface area (Å²) < 4.78 is 27.7. The van der Waals surface area contributed by atoms with Gasteiger partial charge in [-0.2, -0.15) is 0 Å². The Morgan fingerprint density at radius 1 is 1.06 bits per heavy atom. The largest absolute Gasteiger partial charge is 0.506 e. The molecule has 1 aliphatic rings. The number of benzene rings is 2. The first-order valence-corrected chi connectivity index (χ1v) is 10.2. The van der Waals surface area contributed by atoms with Gasteiger partial charge in [-0.15, -0.1) is 0 Å². The molecule has 3 N–H and O–H groups in total. The summed E-state index contributed by atoms with van der Waals surface area (Å²) in [5, 5.41) is 22.2. The molecule has 31 heavy (non-hydrogen) atoms. The monoisotopic (exact) mass is 451 g/mol. The first-order valence-electron chi connectivity index (χ1n) is 9.82. The predicted octanol–water partition coefficient (Wildman–Crippen LogP) is 5.67. The minimum atomic E-state index is -1.73. The number of ketones is 1. The number of aromatic carboxylic acids is 1. The Morgan fingerprint density at radius 3 is 2.16 bits per heavy atom. The van der Waals surface area contributed by atoms with Crippen molar-refractivity contribution in [1.29, 1.82) is 0 Å². The number of carbonyl (C=O) groups is 2. The second kappa shape index (κ2) is 7.79. The molecule has 0 atom stereocenters. The smallest absolute Gasteiger partial charge is 0.341 e. The molecule has 0 aromatic heterocycles. The molecule has 1 aliphatic carbocycles. The van der Waals surface area contributed by atoms with Crippen LogP contribution in [0.3, 0.4) is 0 Å². The maximum Gasteiger partial charge on any atom is 0.341 e. The molecule has 3 rings (SSSR count). The van der Waals surface area contributed by atoms with Gasteiger partial charge in [-0.3, -0.25) is 4.79 Å². The maximum absolute atomic E-state index is 13.9. The molecular formula is C23H24ClF2NO4. The average molecular weight is 452 g/mol. The molecular weight excluding hydrogens is 428 g/mol. The number of Topliss-reactive ketones (excluding diaryl/α,β-unsaturated/α-hetero) is 1. The van der Waals surface area contributed by atoms with Crippen molar-refractivity contribution in [2.45, 2.75) is 51.4 Å². The third kappa shape index (κ3) is 4.11. The van der Waals surface area contributed by atoms with Gasteiger partial charge in [0.25, 0.3) is 0 Å². The third-order valence-electron chi connectivity index (χ3n) is 6.03. The van der Waals surface area contributed by atoms with Gasteiger partial charge < -0.3 is 15.5 Å². The molecule has 0 heterocycles. The van der Waals surface area contributed by atoms with Crippen LogP contribution in [0.15, 0.2) is 18.2 Å². The molecule has 0 saturated heterocycles. The summed E-state index contributed by atoms with van der Waals surface area (Å²) in [6.07, 6.45) is 1.76. The van der Waals surface area contributed by atoms with E-state index in [1.165, 1.54) is 0 Å². The standard InChI is InChI=1S/C23H24ClF2NO4/c1-22(2)5-6-23(3,4)18-13(22)9-12(20(29)19(18)24)16(28)10-27-11-7-14(25)17(21(30)31)15(26)8-11/h7-9,27,29H,5-6,10H2,1-4H3,(H,30,31). The van der Waals surface area contributed by atoms with Crippen LogP contribution < -0.4 is 5.32 Å². The van der Waals surface area contributed by atoms with Crippen LogP contribution in [0.25, 0.3) is 0 Å². The van der Waals surface area contributed by atoms with Crippen molar-refractivity contribution in [2.75, 3.05) is 11.9 Å². The molecule has 0 saturated carbocycles. The third-order valence-corrected chi connectivity index (χ3v) is 6.40. The van der Waals surface area contributed by atoms with Crippen LogP contribution in [0.5, 0.6) is 5.75 Å². The normalized spacial score (nSPS) is 16.5. The van der Waals surface area contributed by atoms with Crippen LogP contribution in [0.1, 0.15) is 72.4 Å². The lowest BCUT2D eigenvalue weighted by atomic mass is 9.62. The van der Waals surface area contributed by atoms with E-state index >= 15 is 0 Å². The lowest BCUT2D eigenvalue weighted by Crippen LogP contribution is -2.34. The first-order chi connectivity index (χ1) is 14.3. The number of hydrogen-bond donors (Lipinski definition) is 3. The molecule has 0 amide bonds. The molecule has 0 spiro atoms. The fourth-order valence-electron chi connectivity index (χ4n) is 4.09. The van der Waals surface area contributed by atoms with Crippen molar-refractivity contribution in [3.05, 3.63) is 57.1 Å². The predicted molar refractivity (Wildman–Crippen MR) is 115 cm³/mol. The fraction of sp³-hybridized carbons (Fsp3) is 0.391. The van der Waals surface area contributed by atoms with Gasteiger partial charge in [0.2, 0.25) is 0 Å². The van der Waals surface area contributed by atoms with E-state index in [0.29, 0.717) is 0 Å². The average Bonchev–Trinajstić information content (AvgIpc) is 2.64. The quantitative estimate of drug-likeness (QED) is 0.510. The summed E-state index contributed by atoms with van der Waals surface area (Å²) in [7, 11) is 0. The topological polar surface area (TPSA) is 86.6 Å². The number of fused-ring (bicyclic) bond motifs is 1. The van der Waals surface area contributed by atoms with Gasteiger partial charge in [0.1, 0.15) is 22.9 Å². The van der Waals surface area contributed by atoms with Gasteiger partial charge >= 0.3 is 5.97 Å². The summed E-state index contributed by atoms with van der Waals surface area (Å²) in [4.78, 5) is 23.7. The minimum Gasteiger partial charge on any atom is -0.506 e. The van der Waals surface area contributed by atoms with Gasteiger partial charge in [-0.05, 0) is 53.0 Å². The highest BCUT2D eigenvalue weighted by molar-refractivity contribution is 6.33. The highest BCUT2D eigenvalue weighted by Gasteiger charge is 2.40. The van der Waals surface area contributed by atoms with Crippen molar-refractivity contribution in [2.24, 2.45) is 0 Å². The zero-order chi connectivity index (χ0) is 23.3. The lowest BCUT2D eigenvalue weighted by Gasteiger charge is -2.42. The first kappa shape index (κ1) is 23.0. The molecule has 2 aromatic rings. The Balaban J connectivity index is 1.93. The number of carboxylic acid groups (broad SMARTS) is 1. The number of phenolic OH excluding ortho intramolecular Hbond substituents is 1. The summed E-state index contributed by atoms with van der Waals surface area (Å²) in [5.41, 5.74) is 0.0481. The Hall–Kier alpha value is -2.67. The van der Waals surface area contributed by atoms with Crippen LogP contribution in [0.4, 0.5) is 14.5 Å². The second-order valence-electron chi connectivity index (χ2n) is 9.17. The van der Waals surface area contributed by atoms with Crippen LogP contribution in [0, 0.1) is 11.6 Å². The van der Waals surface area contributed by atoms with Crippen LogP contribution in [0.2, 0.25) is 5.02 Å². The Kier molecular flexibility index (Phi) is 5.78. The highest BCUT2D eigenvalue weighted by atomic mass is 35.5. The number of hydrogen-bond acceptors (Lipinski definition) is 4. The highest BCUT2D eigenvalue weighted by Crippen LogP contribution is 2.51. The Labute approximate surface area is 184 Å². The molecule has 8 heteroatoms. The number of carboxylic acids is 1. The van der Waals surface area contributed by atoms with Gasteiger partial charge in [0.05, 0.1) is 17.1 Å². The Bertz CT molecular complexity index is 1070. The van der Waals surface area contributed by atoms with Crippen molar-refractivity contribution in [3.8, 4) is 5.75 Å². The van der Waals surface area contributed by atoms with E-state index in [2.05, 4.69) is 19.2 Å². The molecule has 0 unspecified atom stereocenters. The number of halogens is 3. The molecule has 2 aromatic carbocycles. The number of nitrogens with one attached hydrogen (secondary N) is 1. The summed E-state index contributed by atoms with van der Waals surface area (Å²) in [5.74, 6) is -5.09. The van der Waals surface area contributed by atoms with E-state index in [0.717, 1.165) is 36.1 Å². The van der Waals surface area contributed by atoms with Gasteiger partial charge in [0.15, 0.2) is 5.78 Å². The van der Waals surface area contributed by atoms with Crippen LogP contribution in [-0.2, 0) is 10.8 Å². The number of phenols is 1. The van der Waals surface area contributed by atoms with E-state index in [9.17, 15) is 23.5 Å². The Morgan fingerprint density at radius 2 is 1.61 bits per heavy atom. The molecule has 0 aliphatic heterocycles. The number of anilines is 1. The number of carbonyl (C=O) groups excluding carboxylic acids is 1. The van der Waals surface area contributed by atoms with E-state index in [4.69, 9.17) is 16.7 Å². The summed E-state index contributed by atoms with van der Waals surface area (Å²) in [6.45, 7) is 7.81. The molecule has 0 fully saturated rings. The summed E-state index contributed by atoms with van der Waals surface area (Å²) in [6, 6.07) is 3.24. The van der Waals surface area contributed by atoms with Gasteiger partial charge in [0, 0.05) is 5.69 Å². The SMILES string of the molecule is CC1(C)CCC(C)(C)c2c1cc(C(=O)CNc1cc(F)c(C(=O)O)c(F)c1)c(O)c2Cl. The van der Waals surface area contributed by atoms with E-state index < -0.39 is 29.0 Å². The number of aromatic hydroxyl groups is 1. The zero-order valence-corrected chi connectivity index (χ0v) is 18.5. The van der Waals surface area contributed by atoms with Crippen molar-refractivity contribution in [3.63, 3.8) is 0 Å². The van der Waals surface area contributed by atoms with Crippen LogP contribution in [-0.4, -0.2) is 28.5 Å². The van der Waals surface area contributed by atoms with E-state index in [-0.39, 0.29) is 39.4 Å². The summed E-state index contributed by atoms with van der Waals surface area (Å²) >= 11 is 6.50. The van der Waals surface area contributed by atoms with Gasteiger partial charge in [-0.1, -0.05) is 39.3 Å². The zero-order valence-electron chi connectivity index (χ0n) is 17.7.